The molecule has 1 aromatic carbocycles. The molecule has 0 saturated carbocycles. The van der Waals surface area contributed by atoms with Crippen LogP contribution >= 0.6 is 11.3 Å². The fourth-order valence-corrected chi connectivity index (χ4v) is 3.67. The predicted molar refractivity (Wildman–Crippen MR) is 86.5 cm³/mol. The Hall–Kier alpha value is -1.81. The van der Waals surface area contributed by atoms with Crippen LogP contribution in [0, 0.1) is 20.8 Å². The smallest absolute Gasteiger partial charge is 0.196 e. The van der Waals surface area contributed by atoms with Gasteiger partial charge in [-0.3, -0.25) is 4.40 Å². The summed E-state index contributed by atoms with van der Waals surface area (Å²) < 4.78 is 2.10. The normalized spacial score (nSPS) is 11.4. The van der Waals surface area contributed by atoms with Crippen LogP contribution in [-0.4, -0.2) is 9.38 Å². The minimum atomic E-state index is 0.754. The standard InChI is InChI=1S/C16H19N3S/c1-5-13-11(4)20-16-18-14(15(17)19(13)16)12-7-6-9(2)10(3)8-12/h6-8H,5,17H2,1-4H3. The van der Waals surface area contributed by atoms with Crippen molar-refractivity contribution in [2.24, 2.45) is 0 Å². The maximum absolute atomic E-state index is 6.36. The number of benzene rings is 1. The van der Waals surface area contributed by atoms with Gasteiger partial charge in [0.05, 0.1) is 0 Å². The minimum Gasteiger partial charge on any atom is -0.383 e. The van der Waals surface area contributed by atoms with Crippen molar-refractivity contribution in [1.82, 2.24) is 9.38 Å². The fourth-order valence-electron chi connectivity index (χ4n) is 2.60. The van der Waals surface area contributed by atoms with Gasteiger partial charge in [-0.15, -0.1) is 11.3 Å². The van der Waals surface area contributed by atoms with Gasteiger partial charge in [-0.05, 0) is 44.4 Å². The Kier molecular flexibility index (Phi) is 3.05. The number of fused-ring (bicyclic) bond motifs is 1. The van der Waals surface area contributed by atoms with Crippen LogP contribution in [0.1, 0.15) is 28.6 Å². The number of thiazole rings is 1. The number of imidazole rings is 1. The van der Waals surface area contributed by atoms with Crippen molar-refractivity contribution in [1.29, 1.82) is 0 Å². The third-order valence-corrected chi connectivity index (χ3v) is 4.92. The van der Waals surface area contributed by atoms with E-state index in [0.29, 0.717) is 0 Å². The predicted octanol–water partition coefficient (Wildman–Crippen LogP) is 4.13. The summed E-state index contributed by atoms with van der Waals surface area (Å²) in [6.45, 7) is 8.53. The average molecular weight is 285 g/mol. The summed E-state index contributed by atoms with van der Waals surface area (Å²) in [6, 6.07) is 6.39. The summed E-state index contributed by atoms with van der Waals surface area (Å²) in [5.74, 6) is 0.754. The van der Waals surface area contributed by atoms with Gasteiger partial charge < -0.3 is 5.73 Å². The highest BCUT2D eigenvalue weighted by Crippen LogP contribution is 2.33. The molecule has 2 N–H and O–H groups in total. The lowest BCUT2D eigenvalue weighted by molar-refractivity contribution is 0.994. The average Bonchev–Trinajstić information content (AvgIpc) is 2.89. The van der Waals surface area contributed by atoms with Gasteiger partial charge in [0.2, 0.25) is 0 Å². The van der Waals surface area contributed by atoms with E-state index < -0.39 is 0 Å². The molecule has 2 heterocycles. The Labute approximate surface area is 123 Å². The molecule has 0 radical (unpaired) electrons. The second kappa shape index (κ2) is 4.63. The quantitative estimate of drug-likeness (QED) is 0.769. The molecule has 2 aromatic heterocycles. The second-order valence-electron chi connectivity index (χ2n) is 5.22. The highest BCUT2D eigenvalue weighted by atomic mass is 32.1. The molecule has 0 atom stereocenters. The van der Waals surface area contributed by atoms with Gasteiger partial charge in [-0.1, -0.05) is 19.1 Å². The summed E-state index contributed by atoms with van der Waals surface area (Å²) in [6.07, 6.45) is 0.971. The Morgan fingerprint density at radius 1 is 1.20 bits per heavy atom. The van der Waals surface area contributed by atoms with Crippen LogP contribution < -0.4 is 5.73 Å². The van der Waals surface area contributed by atoms with Gasteiger partial charge in [-0.25, -0.2) is 4.98 Å². The molecule has 0 bridgehead atoms. The number of nitrogen functional groups attached to an aromatic ring is 1. The van der Waals surface area contributed by atoms with E-state index in [0.717, 1.165) is 28.5 Å². The number of nitrogens with zero attached hydrogens (tertiary/aromatic N) is 2. The second-order valence-corrected chi connectivity index (χ2v) is 6.40. The van der Waals surface area contributed by atoms with Crippen molar-refractivity contribution >= 4 is 22.1 Å². The Morgan fingerprint density at radius 3 is 2.60 bits per heavy atom. The first-order valence-electron chi connectivity index (χ1n) is 6.86. The molecular formula is C16H19N3S. The molecule has 3 rings (SSSR count). The van der Waals surface area contributed by atoms with Crippen LogP contribution in [0.15, 0.2) is 18.2 Å². The van der Waals surface area contributed by atoms with E-state index in [1.165, 1.54) is 21.7 Å². The number of nitrogens with two attached hydrogens (primary N) is 1. The lowest BCUT2D eigenvalue weighted by atomic mass is 10.0. The Balaban J connectivity index is 2.24. The molecule has 0 aliphatic carbocycles. The van der Waals surface area contributed by atoms with Crippen LogP contribution in [0.5, 0.6) is 0 Å². The maximum Gasteiger partial charge on any atom is 0.196 e. The molecule has 0 aliphatic heterocycles. The number of aromatic nitrogens is 2. The van der Waals surface area contributed by atoms with E-state index >= 15 is 0 Å². The Bertz CT molecular complexity index is 796. The third kappa shape index (κ3) is 1.83. The molecule has 0 amide bonds. The van der Waals surface area contributed by atoms with Crippen LogP contribution in [0.25, 0.3) is 16.2 Å². The minimum absolute atomic E-state index is 0.754. The highest BCUT2D eigenvalue weighted by Gasteiger charge is 2.17. The topological polar surface area (TPSA) is 43.3 Å². The summed E-state index contributed by atoms with van der Waals surface area (Å²) in [7, 11) is 0. The van der Waals surface area contributed by atoms with Gasteiger partial charge >= 0.3 is 0 Å². The first-order chi connectivity index (χ1) is 9.52. The maximum atomic E-state index is 6.36. The van der Waals surface area contributed by atoms with Gasteiger partial charge in [-0.2, -0.15) is 0 Å². The Morgan fingerprint density at radius 2 is 1.95 bits per heavy atom. The molecule has 0 unspecified atom stereocenters. The van der Waals surface area contributed by atoms with Crippen LogP contribution in [0.2, 0.25) is 0 Å². The number of rotatable bonds is 2. The molecule has 4 heteroatoms. The molecule has 104 valence electrons. The lowest BCUT2D eigenvalue weighted by Crippen LogP contribution is -1.98. The van der Waals surface area contributed by atoms with Gasteiger partial charge in [0.15, 0.2) is 4.96 Å². The van der Waals surface area contributed by atoms with Gasteiger partial charge in [0.25, 0.3) is 0 Å². The van der Waals surface area contributed by atoms with Crippen LogP contribution in [0.4, 0.5) is 5.82 Å². The monoisotopic (exact) mass is 285 g/mol. The first kappa shape index (κ1) is 13.2. The fraction of sp³-hybridized carbons (Fsp3) is 0.312. The zero-order valence-electron chi connectivity index (χ0n) is 12.3. The number of hydrogen-bond donors (Lipinski definition) is 1. The van der Waals surface area contributed by atoms with Gasteiger partial charge in [0.1, 0.15) is 11.5 Å². The number of anilines is 1. The van der Waals surface area contributed by atoms with Crippen molar-refractivity contribution in [2.75, 3.05) is 5.73 Å². The van der Waals surface area contributed by atoms with E-state index in [9.17, 15) is 0 Å². The highest BCUT2D eigenvalue weighted by molar-refractivity contribution is 7.17. The summed E-state index contributed by atoms with van der Waals surface area (Å²) >= 11 is 1.71. The SMILES string of the molecule is CCc1c(C)sc2nc(-c3ccc(C)c(C)c3)c(N)n12. The van der Waals surface area contributed by atoms with Crippen molar-refractivity contribution in [2.45, 2.75) is 34.1 Å². The van der Waals surface area contributed by atoms with Crippen molar-refractivity contribution in [3.63, 3.8) is 0 Å². The molecule has 0 fully saturated rings. The number of aryl methyl sites for hydroxylation is 4. The molecule has 3 aromatic rings. The first-order valence-corrected chi connectivity index (χ1v) is 7.68. The van der Waals surface area contributed by atoms with Crippen molar-refractivity contribution in [3.05, 3.63) is 39.9 Å². The van der Waals surface area contributed by atoms with E-state index in [2.05, 4.69) is 50.3 Å². The third-order valence-electron chi connectivity index (χ3n) is 3.92. The van der Waals surface area contributed by atoms with Crippen LogP contribution in [-0.2, 0) is 6.42 Å². The van der Waals surface area contributed by atoms with E-state index in [4.69, 9.17) is 10.7 Å². The molecular weight excluding hydrogens is 266 g/mol. The molecule has 0 aliphatic rings. The van der Waals surface area contributed by atoms with E-state index in [-0.39, 0.29) is 0 Å². The van der Waals surface area contributed by atoms with Crippen molar-refractivity contribution < 1.29 is 0 Å². The largest absolute Gasteiger partial charge is 0.383 e. The molecule has 3 nitrogen and oxygen atoms in total. The van der Waals surface area contributed by atoms with Gasteiger partial charge in [0, 0.05) is 16.1 Å². The van der Waals surface area contributed by atoms with Crippen molar-refractivity contribution in [3.8, 4) is 11.3 Å². The summed E-state index contributed by atoms with van der Waals surface area (Å²) in [5, 5.41) is 0. The lowest BCUT2D eigenvalue weighted by Gasteiger charge is -2.05. The van der Waals surface area contributed by atoms with Crippen LogP contribution in [0.3, 0.4) is 0 Å². The zero-order chi connectivity index (χ0) is 14.4. The molecule has 0 spiro atoms. The summed E-state index contributed by atoms with van der Waals surface area (Å²) in [5.41, 5.74) is 12.2. The number of hydrogen-bond acceptors (Lipinski definition) is 3. The van der Waals surface area contributed by atoms with E-state index in [1.807, 2.05) is 0 Å². The zero-order valence-corrected chi connectivity index (χ0v) is 13.1. The van der Waals surface area contributed by atoms with E-state index in [1.54, 1.807) is 11.3 Å². The molecule has 0 saturated heterocycles. The summed E-state index contributed by atoms with van der Waals surface area (Å²) in [4.78, 5) is 7.03. The molecule has 20 heavy (non-hydrogen) atoms.